The van der Waals surface area contributed by atoms with E-state index in [0.717, 1.165) is 50.4 Å². The Morgan fingerprint density at radius 3 is 2.15 bits per heavy atom. The van der Waals surface area contributed by atoms with E-state index in [2.05, 4.69) is 15.0 Å². The molecule has 2 aromatic rings. The van der Waals surface area contributed by atoms with Gasteiger partial charge >= 0.3 is 24.3 Å². The number of rotatable bonds is 4. The number of likely N-dealkylation sites (tertiary alicyclic amines) is 1. The predicted octanol–water partition coefficient (Wildman–Crippen LogP) is 3.99. The number of halogens is 7. The molecule has 2 saturated heterocycles. The first-order valence-corrected chi connectivity index (χ1v) is 11.2. The fourth-order valence-corrected chi connectivity index (χ4v) is 3.68. The Labute approximate surface area is 216 Å². The van der Waals surface area contributed by atoms with Crippen LogP contribution in [0.3, 0.4) is 0 Å². The molecule has 2 aliphatic rings. The van der Waals surface area contributed by atoms with Gasteiger partial charge in [-0.15, -0.1) is 0 Å². The molecule has 218 valence electrons. The molecule has 4 rings (SSSR count). The summed E-state index contributed by atoms with van der Waals surface area (Å²) < 4.78 is 94.1. The van der Waals surface area contributed by atoms with E-state index >= 15 is 0 Å². The Balaban J connectivity index is 0.000000317. The lowest BCUT2D eigenvalue weighted by atomic mass is 9.88. The monoisotopic (exact) mass is 575 g/mol. The summed E-state index contributed by atoms with van der Waals surface area (Å²) in [7, 11) is 0. The van der Waals surface area contributed by atoms with E-state index < -0.39 is 30.1 Å². The summed E-state index contributed by atoms with van der Waals surface area (Å²) >= 11 is 0. The SMILES string of the molecule is Cc1cc(CN2CCC3(CC2)CC(Oc2ncccc2F)CO3)no1.O=C(O)C(F)(F)F.O=C(O)C(F)(F)F. The number of aryl methyl sites for hydroxylation is 1. The molecule has 2 N–H and O–H groups in total. The van der Waals surface area contributed by atoms with Gasteiger partial charge in [0.15, 0.2) is 5.82 Å². The molecule has 1 spiro atoms. The number of hydrogen-bond donors (Lipinski definition) is 2. The summed E-state index contributed by atoms with van der Waals surface area (Å²) in [6.07, 6.45) is -6.12. The highest BCUT2D eigenvalue weighted by atomic mass is 19.4. The van der Waals surface area contributed by atoms with Crippen LogP contribution in [0.15, 0.2) is 28.9 Å². The maximum atomic E-state index is 13.7. The average molecular weight is 575 g/mol. The molecular formula is C22H24F7N3O7. The first kappa shape index (κ1) is 31.7. The fourth-order valence-electron chi connectivity index (χ4n) is 3.68. The van der Waals surface area contributed by atoms with Crippen molar-refractivity contribution in [3.8, 4) is 5.88 Å². The lowest BCUT2D eigenvalue weighted by Gasteiger charge is -2.38. The van der Waals surface area contributed by atoms with Crippen molar-refractivity contribution >= 4 is 11.9 Å². The van der Waals surface area contributed by atoms with Crippen LogP contribution in [0, 0.1) is 12.7 Å². The molecule has 2 fully saturated rings. The van der Waals surface area contributed by atoms with Crippen molar-refractivity contribution < 1.29 is 64.5 Å². The number of carboxylic acids is 2. The zero-order valence-corrected chi connectivity index (χ0v) is 20.3. The standard InChI is InChI=1S/C18H22FN3O3.2C2HF3O2/c1-13-9-14(21-25-13)11-22-7-4-18(5-8-22)10-15(12-23-18)24-17-16(19)3-2-6-20-17;2*3-2(4,5)1(6)7/h2-3,6,9,15H,4-5,7-8,10-12H2,1H3;2*(H,6,7). The molecule has 2 aromatic heterocycles. The molecule has 17 heteroatoms. The molecule has 39 heavy (non-hydrogen) atoms. The third-order valence-corrected chi connectivity index (χ3v) is 5.49. The number of pyridine rings is 1. The molecule has 0 bridgehead atoms. The Morgan fingerprint density at radius 1 is 1.13 bits per heavy atom. The minimum atomic E-state index is -5.08. The van der Waals surface area contributed by atoms with Gasteiger partial charge < -0.3 is 24.2 Å². The van der Waals surface area contributed by atoms with Crippen LogP contribution in [0.5, 0.6) is 5.88 Å². The van der Waals surface area contributed by atoms with Crippen molar-refractivity contribution in [2.24, 2.45) is 0 Å². The van der Waals surface area contributed by atoms with E-state index in [0.29, 0.717) is 6.61 Å². The van der Waals surface area contributed by atoms with Crippen LogP contribution in [-0.2, 0) is 20.9 Å². The van der Waals surface area contributed by atoms with E-state index in [1.54, 1.807) is 6.07 Å². The van der Waals surface area contributed by atoms with Crippen LogP contribution in [-0.4, -0.2) is 80.9 Å². The van der Waals surface area contributed by atoms with Gasteiger partial charge in [0, 0.05) is 38.3 Å². The predicted molar refractivity (Wildman–Crippen MR) is 115 cm³/mol. The summed E-state index contributed by atoms with van der Waals surface area (Å²) in [5.74, 6) is -5.04. The van der Waals surface area contributed by atoms with Crippen molar-refractivity contribution in [1.82, 2.24) is 15.0 Å². The van der Waals surface area contributed by atoms with E-state index in [9.17, 15) is 30.7 Å². The molecule has 0 aliphatic carbocycles. The second kappa shape index (κ2) is 13.1. The summed E-state index contributed by atoms with van der Waals surface area (Å²) in [5, 5.41) is 18.3. The number of ether oxygens (including phenoxy) is 2. The number of hydrogen-bond acceptors (Lipinski definition) is 8. The number of carboxylic acid groups (broad SMARTS) is 2. The van der Waals surface area contributed by atoms with Gasteiger partial charge in [0.2, 0.25) is 0 Å². The van der Waals surface area contributed by atoms with Gasteiger partial charge in [0.1, 0.15) is 11.9 Å². The number of nitrogens with zero attached hydrogens (tertiary/aromatic N) is 3. The Kier molecular flexibility index (Phi) is 10.6. The maximum Gasteiger partial charge on any atom is 0.490 e. The molecule has 2 aliphatic heterocycles. The highest BCUT2D eigenvalue weighted by molar-refractivity contribution is 5.73. The summed E-state index contributed by atoms with van der Waals surface area (Å²) in [6.45, 7) is 5.07. The second-order valence-electron chi connectivity index (χ2n) is 8.54. The Bertz CT molecular complexity index is 1080. The van der Waals surface area contributed by atoms with Gasteiger partial charge in [-0.3, -0.25) is 4.90 Å². The van der Waals surface area contributed by atoms with Gasteiger partial charge in [-0.1, -0.05) is 5.16 Å². The molecular weight excluding hydrogens is 551 g/mol. The third kappa shape index (κ3) is 10.3. The first-order valence-electron chi connectivity index (χ1n) is 11.2. The van der Waals surface area contributed by atoms with Crippen LogP contribution in [0.4, 0.5) is 30.7 Å². The maximum absolute atomic E-state index is 13.7. The molecule has 4 heterocycles. The lowest BCUT2D eigenvalue weighted by molar-refractivity contribution is -0.193. The number of alkyl halides is 6. The molecule has 0 amide bonds. The minimum Gasteiger partial charge on any atom is -0.475 e. The largest absolute Gasteiger partial charge is 0.490 e. The Hall–Kier alpha value is -3.47. The van der Waals surface area contributed by atoms with E-state index in [1.807, 2.05) is 13.0 Å². The van der Waals surface area contributed by atoms with E-state index in [-0.39, 0.29) is 17.6 Å². The van der Waals surface area contributed by atoms with Crippen LogP contribution < -0.4 is 4.74 Å². The normalized spacial score (nSPS) is 18.9. The number of piperidine rings is 1. The average Bonchev–Trinajstić information content (AvgIpc) is 3.42. The van der Waals surface area contributed by atoms with Crippen molar-refractivity contribution in [2.45, 2.75) is 56.8 Å². The lowest BCUT2D eigenvalue weighted by Crippen LogP contribution is -2.44. The van der Waals surface area contributed by atoms with Gasteiger partial charge in [-0.05, 0) is 31.9 Å². The van der Waals surface area contributed by atoms with Gasteiger partial charge in [0.25, 0.3) is 5.88 Å². The number of aliphatic carboxylic acids is 2. The van der Waals surface area contributed by atoms with Crippen molar-refractivity contribution in [1.29, 1.82) is 0 Å². The van der Waals surface area contributed by atoms with Gasteiger partial charge in [-0.25, -0.2) is 19.0 Å². The van der Waals surface area contributed by atoms with E-state index in [1.165, 1.54) is 12.3 Å². The van der Waals surface area contributed by atoms with Crippen molar-refractivity contribution in [2.75, 3.05) is 19.7 Å². The van der Waals surface area contributed by atoms with Crippen LogP contribution in [0.25, 0.3) is 0 Å². The van der Waals surface area contributed by atoms with Crippen LogP contribution >= 0.6 is 0 Å². The van der Waals surface area contributed by atoms with Crippen molar-refractivity contribution in [3.63, 3.8) is 0 Å². The van der Waals surface area contributed by atoms with Crippen LogP contribution in [0.1, 0.15) is 30.7 Å². The Morgan fingerprint density at radius 2 is 1.69 bits per heavy atom. The third-order valence-electron chi connectivity index (χ3n) is 5.49. The fraction of sp³-hybridized carbons (Fsp3) is 0.545. The highest BCUT2D eigenvalue weighted by Crippen LogP contribution is 2.37. The quantitative estimate of drug-likeness (QED) is 0.516. The van der Waals surface area contributed by atoms with Crippen molar-refractivity contribution in [3.05, 3.63) is 41.7 Å². The molecule has 1 unspecified atom stereocenters. The molecule has 10 nitrogen and oxygen atoms in total. The van der Waals surface area contributed by atoms with Gasteiger partial charge in [-0.2, -0.15) is 26.3 Å². The van der Waals surface area contributed by atoms with Gasteiger partial charge in [0.05, 0.1) is 17.9 Å². The van der Waals surface area contributed by atoms with E-state index in [4.69, 9.17) is 33.8 Å². The minimum absolute atomic E-state index is 0.0620. The number of aromatic nitrogens is 2. The summed E-state index contributed by atoms with van der Waals surface area (Å²) in [4.78, 5) is 24.1. The molecule has 1 atom stereocenters. The summed E-state index contributed by atoms with van der Waals surface area (Å²) in [5.41, 5.74) is 0.805. The molecule has 0 radical (unpaired) electrons. The smallest absolute Gasteiger partial charge is 0.475 e. The highest BCUT2D eigenvalue weighted by Gasteiger charge is 2.44. The van der Waals surface area contributed by atoms with Crippen LogP contribution in [0.2, 0.25) is 0 Å². The molecule has 0 saturated carbocycles. The topological polar surface area (TPSA) is 135 Å². The zero-order chi connectivity index (χ0) is 29.4. The summed E-state index contributed by atoms with van der Waals surface area (Å²) in [6, 6.07) is 4.89. The number of carbonyl (C=O) groups is 2. The first-order chi connectivity index (χ1) is 18.0. The molecule has 0 aromatic carbocycles. The zero-order valence-electron chi connectivity index (χ0n) is 20.3. The second-order valence-corrected chi connectivity index (χ2v) is 8.54.